The summed E-state index contributed by atoms with van der Waals surface area (Å²) in [4.78, 5) is 27.5. The van der Waals surface area contributed by atoms with E-state index >= 15 is 0 Å². The van der Waals surface area contributed by atoms with Gasteiger partial charge in [-0.05, 0) is 17.2 Å². The number of thiol groups is 1. The molecule has 0 aliphatic heterocycles. The zero-order chi connectivity index (χ0) is 20.8. The van der Waals surface area contributed by atoms with Crippen molar-refractivity contribution < 1.29 is 19.8 Å². The van der Waals surface area contributed by atoms with Gasteiger partial charge in [-0.1, -0.05) is 48.5 Å². The van der Waals surface area contributed by atoms with Gasteiger partial charge >= 0.3 is 5.97 Å². The molecule has 0 aliphatic rings. The lowest BCUT2D eigenvalue weighted by atomic mass is 10.0. The predicted octanol–water partition coefficient (Wildman–Crippen LogP) is 1.86. The van der Waals surface area contributed by atoms with Crippen molar-refractivity contribution in [2.24, 2.45) is 0 Å². The van der Waals surface area contributed by atoms with Gasteiger partial charge in [-0.3, -0.25) is 10.1 Å². The van der Waals surface area contributed by atoms with E-state index in [4.69, 9.17) is 0 Å². The van der Waals surface area contributed by atoms with Gasteiger partial charge in [0.05, 0.1) is 6.04 Å². The van der Waals surface area contributed by atoms with Gasteiger partial charge in [0, 0.05) is 29.3 Å². The third-order valence-corrected chi connectivity index (χ3v) is 5.05. The zero-order valence-corrected chi connectivity index (χ0v) is 16.5. The highest BCUT2D eigenvalue weighted by Gasteiger charge is 2.27. The molecule has 0 fully saturated rings. The second kappa shape index (κ2) is 9.60. The predicted molar refractivity (Wildman–Crippen MR) is 114 cm³/mol. The van der Waals surface area contributed by atoms with Gasteiger partial charge in [0.2, 0.25) is 5.91 Å². The Morgan fingerprint density at radius 3 is 2.41 bits per heavy atom. The van der Waals surface area contributed by atoms with Crippen LogP contribution in [0.4, 0.5) is 0 Å². The number of carbonyl (C=O) groups is 2. The molecule has 1 heterocycles. The minimum atomic E-state index is -1.13. The molecule has 0 bridgehead atoms. The Labute approximate surface area is 173 Å². The maximum absolute atomic E-state index is 12.6. The summed E-state index contributed by atoms with van der Waals surface area (Å²) in [6, 6.07) is 14.4. The van der Waals surface area contributed by atoms with Gasteiger partial charge in [-0.2, -0.15) is 12.6 Å². The number of amides is 1. The van der Waals surface area contributed by atoms with Crippen molar-refractivity contribution in [2.45, 2.75) is 24.7 Å². The first-order valence-corrected chi connectivity index (χ1v) is 9.81. The van der Waals surface area contributed by atoms with Gasteiger partial charge < -0.3 is 20.5 Å². The van der Waals surface area contributed by atoms with Crippen molar-refractivity contribution in [1.29, 1.82) is 0 Å². The number of para-hydroxylation sites is 1. The van der Waals surface area contributed by atoms with E-state index < -0.39 is 30.2 Å². The SMILES string of the molecule is O=C(O)[C@H](Cc1c[nH]c2ccccc12)NC(=O)[C@H](CS)NC(O)c1ccccc1. The molecular weight excluding hydrogens is 390 g/mol. The number of rotatable bonds is 9. The molecule has 152 valence electrons. The second-order valence-corrected chi connectivity index (χ2v) is 7.04. The molecule has 5 N–H and O–H groups in total. The molecule has 0 aliphatic carbocycles. The average Bonchev–Trinajstić information content (AvgIpc) is 3.14. The lowest BCUT2D eigenvalue weighted by molar-refractivity contribution is -0.142. The van der Waals surface area contributed by atoms with Crippen LogP contribution in [-0.2, 0) is 16.0 Å². The largest absolute Gasteiger partial charge is 0.480 e. The Kier molecular flexibility index (Phi) is 6.92. The Morgan fingerprint density at radius 2 is 1.72 bits per heavy atom. The van der Waals surface area contributed by atoms with Crippen molar-refractivity contribution in [3.8, 4) is 0 Å². The highest BCUT2D eigenvalue weighted by atomic mass is 32.1. The van der Waals surface area contributed by atoms with Crippen LogP contribution in [0.25, 0.3) is 10.9 Å². The number of nitrogens with one attached hydrogen (secondary N) is 3. The van der Waals surface area contributed by atoms with Crippen LogP contribution in [0.1, 0.15) is 17.4 Å². The smallest absolute Gasteiger partial charge is 0.326 e. The number of hydrogen-bond donors (Lipinski definition) is 6. The highest BCUT2D eigenvalue weighted by Crippen LogP contribution is 2.19. The van der Waals surface area contributed by atoms with Crippen LogP contribution < -0.4 is 10.6 Å². The summed E-state index contributed by atoms with van der Waals surface area (Å²) in [5.41, 5.74) is 2.30. The zero-order valence-electron chi connectivity index (χ0n) is 15.6. The van der Waals surface area contributed by atoms with Gasteiger partial charge in [0.25, 0.3) is 0 Å². The number of H-pyrrole nitrogens is 1. The molecule has 7 nitrogen and oxygen atoms in total. The third kappa shape index (κ3) is 5.17. The fourth-order valence-electron chi connectivity index (χ4n) is 3.13. The summed E-state index contributed by atoms with van der Waals surface area (Å²) >= 11 is 4.17. The molecule has 0 spiro atoms. The molecule has 29 heavy (non-hydrogen) atoms. The molecular formula is C21H23N3O4S. The van der Waals surface area contributed by atoms with E-state index in [2.05, 4.69) is 28.2 Å². The van der Waals surface area contributed by atoms with Gasteiger partial charge in [0.15, 0.2) is 0 Å². The summed E-state index contributed by atoms with van der Waals surface area (Å²) in [7, 11) is 0. The van der Waals surface area contributed by atoms with Crippen molar-refractivity contribution >= 4 is 35.4 Å². The topological polar surface area (TPSA) is 114 Å². The van der Waals surface area contributed by atoms with E-state index in [9.17, 15) is 19.8 Å². The number of aliphatic carboxylic acids is 1. The number of carbonyl (C=O) groups excluding carboxylic acids is 1. The summed E-state index contributed by atoms with van der Waals surface area (Å²) in [5, 5.41) is 26.1. The number of hydrogen-bond acceptors (Lipinski definition) is 5. The van der Waals surface area contributed by atoms with Gasteiger partial charge in [0.1, 0.15) is 12.3 Å². The number of carboxylic acids is 1. The van der Waals surface area contributed by atoms with Gasteiger partial charge in [-0.25, -0.2) is 4.79 Å². The standard InChI is InChI=1S/C21H23N3O4S/c25-19(13-6-2-1-3-7-13)24-18(12-29)20(26)23-17(21(27)28)10-14-11-22-16-9-5-4-8-15(14)16/h1-9,11,17-19,22,24-25,29H,10,12H2,(H,23,26)(H,27,28)/t17-,18-,19?/m0/s1. The Morgan fingerprint density at radius 1 is 1.03 bits per heavy atom. The number of fused-ring (bicyclic) bond motifs is 1. The maximum atomic E-state index is 12.6. The maximum Gasteiger partial charge on any atom is 0.326 e. The Hall–Kier alpha value is -2.81. The van der Waals surface area contributed by atoms with Crippen molar-refractivity contribution in [3.05, 3.63) is 71.9 Å². The van der Waals surface area contributed by atoms with E-state index in [1.165, 1.54) is 0 Å². The normalized spacial score (nSPS) is 14.3. The average molecular weight is 413 g/mol. The van der Waals surface area contributed by atoms with E-state index in [1.807, 2.05) is 30.3 Å². The molecule has 3 aromatic rings. The van der Waals surface area contributed by atoms with Crippen LogP contribution in [0.5, 0.6) is 0 Å². The summed E-state index contributed by atoms with van der Waals surface area (Å²) in [5.74, 6) is -1.58. The molecule has 1 amide bonds. The quantitative estimate of drug-likeness (QED) is 0.237. The third-order valence-electron chi connectivity index (χ3n) is 4.69. The highest BCUT2D eigenvalue weighted by molar-refractivity contribution is 7.80. The number of aliphatic hydroxyl groups excluding tert-OH is 1. The van der Waals surface area contributed by atoms with Crippen molar-refractivity contribution in [2.75, 3.05) is 5.75 Å². The van der Waals surface area contributed by atoms with Crippen LogP contribution in [-0.4, -0.2) is 44.9 Å². The molecule has 3 atom stereocenters. The molecule has 0 saturated heterocycles. The first-order valence-electron chi connectivity index (χ1n) is 9.17. The molecule has 2 aromatic carbocycles. The summed E-state index contributed by atoms with van der Waals surface area (Å²) in [6.07, 6.45) is 0.808. The van der Waals surface area contributed by atoms with Gasteiger partial charge in [-0.15, -0.1) is 0 Å². The number of aliphatic hydroxyl groups is 1. The molecule has 1 aromatic heterocycles. The van der Waals surface area contributed by atoms with E-state index in [1.54, 1.807) is 30.5 Å². The van der Waals surface area contributed by atoms with E-state index in [-0.39, 0.29) is 12.2 Å². The van der Waals surface area contributed by atoms with E-state index in [0.717, 1.165) is 16.5 Å². The minimum absolute atomic E-state index is 0.0924. The number of aromatic amines is 1. The number of benzene rings is 2. The first kappa shape index (κ1) is 20.9. The van der Waals surface area contributed by atoms with Crippen LogP contribution in [0.15, 0.2) is 60.8 Å². The molecule has 0 saturated carbocycles. The van der Waals surface area contributed by atoms with Crippen LogP contribution in [0, 0.1) is 0 Å². The van der Waals surface area contributed by atoms with E-state index in [0.29, 0.717) is 5.56 Å². The minimum Gasteiger partial charge on any atom is -0.480 e. The monoisotopic (exact) mass is 413 g/mol. The molecule has 0 radical (unpaired) electrons. The van der Waals surface area contributed by atoms with Crippen molar-refractivity contribution in [1.82, 2.24) is 15.6 Å². The van der Waals surface area contributed by atoms with Crippen LogP contribution in [0.3, 0.4) is 0 Å². The Bertz CT molecular complexity index is 976. The summed E-state index contributed by atoms with van der Waals surface area (Å²) < 4.78 is 0. The Balaban J connectivity index is 1.68. The number of aromatic nitrogens is 1. The van der Waals surface area contributed by atoms with Crippen molar-refractivity contribution in [3.63, 3.8) is 0 Å². The summed E-state index contributed by atoms with van der Waals surface area (Å²) in [6.45, 7) is 0. The lowest BCUT2D eigenvalue weighted by Crippen LogP contribution is -2.52. The fraction of sp³-hybridized carbons (Fsp3) is 0.238. The lowest BCUT2D eigenvalue weighted by Gasteiger charge is -2.23. The molecule has 8 heteroatoms. The van der Waals surface area contributed by atoms with Crippen LogP contribution >= 0.6 is 12.6 Å². The first-order chi connectivity index (χ1) is 14.0. The fourth-order valence-corrected chi connectivity index (χ4v) is 3.40. The molecule has 1 unspecified atom stereocenters. The van der Waals surface area contributed by atoms with Crippen LogP contribution in [0.2, 0.25) is 0 Å². The molecule has 3 rings (SSSR count). The second-order valence-electron chi connectivity index (χ2n) is 6.68. The number of carboxylic acid groups (broad SMARTS) is 1.